The maximum absolute atomic E-state index is 11.5. The molecular weight excluding hydrogens is 334 g/mol. The smallest absolute Gasteiger partial charge is 0.293 e. The van der Waals surface area contributed by atoms with E-state index in [1.54, 1.807) is 30.5 Å². The second-order valence-corrected chi connectivity index (χ2v) is 6.25. The maximum Gasteiger partial charge on any atom is 0.293 e. The first-order valence-corrected chi connectivity index (χ1v) is 8.51. The molecule has 2 aromatic heterocycles. The lowest BCUT2D eigenvalue weighted by atomic mass is 10.1. The average Bonchev–Trinajstić information content (AvgIpc) is 3.34. The maximum atomic E-state index is 11.5. The number of pyridine rings is 1. The van der Waals surface area contributed by atoms with Gasteiger partial charge in [-0.1, -0.05) is 24.1 Å². The van der Waals surface area contributed by atoms with Crippen molar-refractivity contribution in [3.63, 3.8) is 0 Å². The Morgan fingerprint density at radius 2 is 2.04 bits per heavy atom. The number of nitro groups is 1. The largest absolute Gasteiger partial charge is 0.377 e. The first-order valence-electron chi connectivity index (χ1n) is 8.51. The minimum absolute atomic E-state index is 0.00647. The molecule has 2 heterocycles. The van der Waals surface area contributed by atoms with E-state index in [1.807, 2.05) is 6.07 Å². The number of rotatable bonds is 5. The lowest BCUT2D eigenvalue weighted by Crippen LogP contribution is -2.15. The lowest BCUT2D eigenvalue weighted by molar-refractivity contribution is -0.383. The normalized spacial score (nSPS) is 14.5. The molecule has 132 valence electrons. The van der Waals surface area contributed by atoms with Gasteiger partial charge in [0.1, 0.15) is 11.4 Å². The van der Waals surface area contributed by atoms with E-state index in [9.17, 15) is 10.1 Å². The zero-order valence-electron chi connectivity index (χ0n) is 14.0. The summed E-state index contributed by atoms with van der Waals surface area (Å²) in [6.45, 7) is 0. The van der Waals surface area contributed by atoms with E-state index in [0.29, 0.717) is 28.8 Å². The van der Waals surface area contributed by atoms with E-state index in [1.165, 1.54) is 6.07 Å². The van der Waals surface area contributed by atoms with Gasteiger partial charge in [-0.3, -0.25) is 15.1 Å². The van der Waals surface area contributed by atoms with Gasteiger partial charge in [-0.25, -0.2) is 0 Å². The Bertz CT molecular complexity index is 920. The Kier molecular flexibility index (Phi) is 4.30. The molecule has 0 bridgehead atoms. The number of hydrogen-bond acceptors (Lipinski definition) is 7. The Balaban J connectivity index is 1.64. The van der Waals surface area contributed by atoms with Gasteiger partial charge in [0.2, 0.25) is 5.82 Å². The quantitative estimate of drug-likeness (QED) is 0.545. The van der Waals surface area contributed by atoms with Crippen molar-refractivity contribution in [1.82, 2.24) is 15.1 Å². The van der Waals surface area contributed by atoms with Gasteiger partial charge in [0.05, 0.1) is 4.92 Å². The summed E-state index contributed by atoms with van der Waals surface area (Å²) >= 11 is 0. The van der Waals surface area contributed by atoms with Gasteiger partial charge in [0.25, 0.3) is 11.6 Å². The minimum atomic E-state index is -0.392. The van der Waals surface area contributed by atoms with Crippen LogP contribution in [0.25, 0.3) is 23.0 Å². The summed E-state index contributed by atoms with van der Waals surface area (Å²) in [4.78, 5) is 19.6. The highest BCUT2D eigenvalue weighted by Crippen LogP contribution is 2.33. The number of nitrogens with zero attached hydrogens (tertiary/aromatic N) is 4. The number of aromatic nitrogens is 3. The van der Waals surface area contributed by atoms with E-state index in [-0.39, 0.29) is 11.6 Å². The average molecular weight is 351 g/mol. The van der Waals surface area contributed by atoms with Crippen LogP contribution in [-0.4, -0.2) is 26.1 Å². The molecule has 1 aromatic carbocycles. The number of nitrogens with one attached hydrogen (secondary N) is 1. The van der Waals surface area contributed by atoms with Crippen LogP contribution >= 0.6 is 0 Å². The molecule has 8 nitrogen and oxygen atoms in total. The van der Waals surface area contributed by atoms with Gasteiger partial charge < -0.3 is 9.84 Å². The summed E-state index contributed by atoms with van der Waals surface area (Å²) in [6, 6.07) is 10.6. The molecule has 3 aromatic rings. The lowest BCUT2D eigenvalue weighted by Gasteiger charge is -2.13. The summed E-state index contributed by atoms with van der Waals surface area (Å²) in [5.74, 6) is 0.567. The molecule has 0 amide bonds. The fourth-order valence-corrected chi connectivity index (χ4v) is 3.17. The highest BCUT2D eigenvalue weighted by Gasteiger charge is 2.22. The molecule has 0 saturated heterocycles. The Hall–Kier alpha value is -3.29. The third kappa shape index (κ3) is 3.26. The van der Waals surface area contributed by atoms with Crippen LogP contribution in [0, 0.1) is 10.1 Å². The molecule has 0 radical (unpaired) electrons. The van der Waals surface area contributed by atoms with Crippen LogP contribution in [0.3, 0.4) is 0 Å². The molecular formula is C18H17N5O3. The van der Waals surface area contributed by atoms with Gasteiger partial charge in [-0.05, 0) is 37.1 Å². The van der Waals surface area contributed by atoms with Crippen molar-refractivity contribution in [1.29, 1.82) is 0 Å². The summed E-state index contributed by atoms with van der Waals surface area (Å²) < 4.78 is 5.27. The number of benzene rings is 1. The van der Waals surface area contributed by atoms with Crippen LogP contribution in [0.4, 0.5) is 11.4 Å². The van der Waals surface area contributed by atoms with Crippen LogP contribution in [0.1, 0.15) is 25.7 Å². The molecule has 4 rings (SSSR count). The first kappa shape index (κ1) is 16.2. The van der Waals surface area contributed by atoms with Gasteiger partial charge in [-0.2, -0.15) is 4.98 Å². The molecule has 1 aliphatic carbocycles. The van der Waals surface area contributed by atoms with Crippen molar-refractivity contribution in [2.24, 2.45) is 0 Å². The van der Waals surface area contributed by atoms with E-state index >= 15 is 0 Å². The number of nitro benzene ring substituents is 1. The van der Waals surface area contributed by atoms with Crippen LogP contribution in [-0.2, 0) is 0 Å². The van der Waals surface area contributed by atoms with E-state index in [2.05, 4.69) is 20.4 Å². The molecule has 1 N–H and O–H groups in total. The summed E-state index contributed by atoms with van der Waals surface area (Å²) in [7, 11) is 0. The minimum Gasteiger partial charge on any atom is -0.377 e. The molecule has 0 unspecified atom stereocenters. The van der Waals surface area contributed by atoms with E-state index in [0.717, 1.165) is 25.7 Å². The predicted molar refractivity (Wildman–Crippen MR) is 95.5 cm³/mol. The van der Waals surface area contributed by atoms with Crippen LogP contribution in [0.5, 0.6) is 0 Å². The van der Waals surface area contributed by atoms with Gasteiger partial charge in [-0.15, -0.1) is 0 Å². The van der Waals surface area contributed by atoms with Crippen molar-refractivity contribution in [3.05, 3.63) is 52.7 Å². The van der Waals surface area contributed by atoms with E-state index < -0.39 is 4.92 Å². The molecule has 1 aliphatic rings. The van der Waals surface area contributed by atoms with Crippen LogP contribution < -0.4 is 5.32 Å². The number of hydrogen-bond donors (Lipinski definition) is 1. The third-order valence-electron chi connectivity index (χ3n) is 4.48. The van der Waals surface area contributed by atoms with Crippen molar-refractivity contribution in [2.45, 2.75) is 31.7 Å². The fourth-order valence-electron chi connectivity index (χ4n) is 3.17. The summed E-state index contributed by atoms with van der Waals surface area (Å²) in [5.41, 5.74) is 1.61. The highest BCUT2D eigenvalue weighted by atomic mass is 16.6. The molecule has 0 spiro atoms. The second kappa shape index (κ2) is 6.91. The molecule has 8 heteroatoms. The van der Waals surface area contributed by atoms with Crippen molar-refractivity contribution >= 4 is 11.4 Å². The summed E-state index contributed by atoms with van der Waals surface area (Å²) in [5, 5.41) is 18.7. The zero-order valence-corrected chi connectivity index (χ0v) is 14.0. The highest BCUT2D eigenvalue weighted by molar-refractivity contribution is 5.70. The molecule has 0 atom stereocenters. The predicted octanol–water partition coefficient (Wildman–Crippen LogP) is 4.06. The van der Waals surface area contributed by atoms with Gasteiger partial charge in [0, 0.05) is 23.9 Å². The first-order chi connectivity index (χ1) is 12.7. The van der Waals surface area contributed by atoms with Crippen LogP contribution in [0.2, 0.25) is 0 Å². The second-order valence-electron chi connectivity index (χ2n) is 6.25. The zero-order chi connectivity index (χ0) is 17.9. The summed E-state index contributed by atoms with van der Waals surface area (Å²) in [6.07, 6.45) is 6.02. The Morgan fingerprint density at radius 1 is 1.19 bits per heavy atom. The molecule has 1 saturated carbocycles. The van der Waals surface area contributed by atoms with Crippen molar-refractivity contribution in [3.8, 4) is 23.0 Å². The topological polar surface area (TPSA) is 107 Å². The van der Waals surface area contributed by atoms with Crippen LogP contribution in [0.15, 0.2) is 47.1 Å². The SMILES string of the molecule is O=[N+]([O-])c1cc(-c2nc(-c3ccccn3)no2)ccc1NC1CCCC1. The van der Waals surface area contributed by atoms with Crippen molar-refractivity contribution in [2.75, 3.05) is 5.32 Å². The van der Waals surface area contributed by atoms with E-state index in [4.69, 9.17) is 4.52 Å². The Labute approximate surface area is 149 Å². The third-order valence-corrected chi connectivity index (χ3v) is 4.48. The number of anilines is 1. The van der Waals surface area contributed by atoms with Gasteiger partial charge >= 0.3 is 0 Å². The molecule has 1 fully saturated rings. The van der Waals surface area contributed by atoms with Gasteiger partial charge in [0.15, 0.2) is 0 Å². The molecule has 26 heavy (non-hydrogen) atoms. The van der Waals surface area contributed by atoms with Crippen molar-refractivity contribution < 1.29 is 9.45 Å². The Morgan fingerprint density at radius 3 is 2.77 bits per heavy atom. The standard InChI is InChI=1S/C18H17N5O3/c24-23(25)16-11-12(8-9-14(16)20-13-5-1-2-6-13)18-21-17(22-26-18)15-7-3-4-10-19-15/h3-4,7-11,13,20H,1-2,5-6H2. The fraction of sp³-hybridized carbons (Fsp3) is 0.278. The molecule has 0 aliphatic heterocycles. The monoisotopic (exact) mass is 351 g/mol.